The van der Waals surface area contributed by atoms with E-state index in [4.69, 9.17) is 5.11 Å². The van der Waals surface area contributed by atoms with Crippen molar-refractivity contribution in [3.63, 3.8) is 0 Å². The highest BCUT2D eigenvalue weighted by molar-refractivity contribution is 5.38. The number of phenols is 2. The van der Waals surface area contributed by atoms with Crippen LogP contribution in [0.2, 0.25) is 0 Å². The summed E-state index contributed by atoms with van der Waals surface area (Å²) in [7, 11) is 2.11. The third-order valence-electron chi connectivity index (χ3n) is 3.04. The van der Waals surface area contributed by atoms with E-state index < -0.39 is 0 Å². The SMILES string of the molecule is CN1CCC(NCc2ccc(O)cc2O)C1. The molecule has 0 amide bonds. The number of benzene rings is 1. The van der Waals surface area contributed by atoms with Crippen molar-refractivity contribution in [1.82, 2.24) is 10.2 Å². The Morgan fingerprint density at radius 2 is 2.25 bits per heavy atom. The van der Waals surface area contributed by atoms with Crippen molar-refractivity contribution in [2.75, 3.05) is 20.1 Å². The number of aromatic hydroxyl groups is 2. The zero-order valence-corrected chi connectivity index (χ0v) is 9.48. The van der Waals surface area contributed by atoms with Crippen LogP contribution in [0.3, 0.4) is 0 Å². The van der Waals surface area contributed by atoms with Gasteiger partial charge in [0.15, 0.2) is 0 Å². The molecular formula is C12H18N2O2. The highest BCUT2D eigenvalue weighted by Crippen LogP contribution is 2.22. The van der Waals surface area contributed by atoms with E-state index in [0.29, 0.717) is 12.6 Å². The maximum absolute atomic E-state index is 9.61. The van der Waals surface area contributed by atoms with E-state index in [0.717, 1.165) is 25.1 Å². The van der Waals surface area contributed by atoms with Gasteiger partial charge in [0.25, 0.3) is 0 Å². The molecule has 0 aromatic heterocycles. The first-order chi connectivity index (χ1) is 7.65. The molecule has 0 radical (unpaired) electrons. The second-order valence-electron chi connectivity index (χ2n) is 4.44. The minimum absolute atomic E-state index is 0.0989. The van der Waals surface area contributed by atoms with Crippen molar-refractivity contribution in [1.29, 1.82) is 0 Å². The standard InChI is InChI=1S/C12H18N2O2/c1-14-5-4-10(8-14)13-7-9-2-3-11(15)6-12(9)16/h2-3,6,10,13,15-16H,4-5,7-8H2,1H3. The predicted octanol–water partition coefficient (Wildman–Crippen LogP) is 0.891. The van der Waals surface area contributed by atoms with Crippen LogP contribution in [0.1, 0.15) is 12.0 Å². The van der Waals surface area contributed by atoms with Crippen LogP contribution in [0.4, 0.5) is 0 Å². The van der Waals surface area contributed by atoms with Gasteiger partial charge in [-0.1, -0.05) is 6.07 Å². The monoisotopic (exact) mass is 222 g/mol. The Morgan fingerprint density at radius 1 is 1.44 bits per heavy atom. The van der Waals surface area contributed by atoms with Gasteiger partial charge < -0.3 is 20.4 Å². The van der Waals surface area contributed by atoms with Gasteiger partial charge in [0.2, 0.25) is 0 Å². The Labute approximate surface area is 95.5 Å². The number of nitrogens with one attached hydrogen (secondary N) is 1. The average Bonchev–Trinajstić information content (AvgIpc) is 2.63. The lowest BCUT2D eigenvalue weighted by atomic mass is 10.1. The minimum atomic E-state index is 0.0989. The number of nitrogens with zero attached hydrogens (tertiary/aromatic N) is 1. The fourth-order valence-electron chi connectivity index (χ4n) is 2.06. The zero-order valence-electron chi connectivity index (χ0n) is 9.48. The van der Waals surface area contributed by atoms with Crippen LogP contribution in [-0.4, -0.2) is 41.3 Å². The predicted molar refractivity (Wildman–Crippen MR) is 62.5 cm³/mol. The molecule has 0 saturated carbocycles. The molecule has 1 aromatic carbocycles. The van der Waals surface area contributed by atoms with Crippen molar-refractivity contribution < 1.29 is 10.2 Å². The lowest BCUT2D eigenvalue weighted by Gasteiger charge is -2.13. The van der Waals surface area contributed by atoms with E-state index in [9.17, 15) is 5.11 Å². The molecule has 1 fully saturated rings. The summed E-state index contributed by atoms with van der Waals surface area (Å²) >= 11 is 0. The fraction of sp³-hybridized carbons (Fsp3) is 0.500. The lowest BCUT2D eigenvalue weighted by molar-refractivity contribution is 0.395. The average molecular weight is 222 g/mol. The maximum atomic E-state index is 9.61. The van der Waals surface area contributed by atoms with Crippen LogP contribution >= 0.6 is 0 Å². The molecule has 0 bridgehead atoms. The highest BCUT2D eigenvalue weighted by Gasteiger charge is 2.18. The molecule has 1 atom stereocenters. The van der Waals surface area contributed by atoms with Gasteiger partial charge in [-0.15, -0.1) is 0 Å². The Hall–Kier alpha value is -1.26. The zero-order chi connectivity index (χ0) is 11.5. The van der Waals surface area contributed by atoms with Crippen molar-refractivity contribution in [2.45, 2.75) is 19.0 Å². The van der Waals surface area contributed by atoms with Gasteiger partial charge in [-0.2, -0.15) is 0 Å². The molecule has 0 spiro atoms. The number of hydrogen-bond acceptors (Lipinski definition) is 4. The summed E-state index contributed by atoms with van der Waals surface area (Å²) in [6, 6.07) is 5.21. The summed E-state index contributed by atoms with van der Waals surface area (Å²) < 4.78 is 0. The van der Waals surface area contributed by atoms with E-state index in [1.165, 1.54) is 6.07 Å². The maximum Gasteiger partial charge on any atom is 0.123 e. The highest BCUT2D eigenvalue weighted by atomic mass is 16.3. The van der Waals surface area contributed by atoms with Gasteiger partial charge in [-0.3, -0.25) is 0 Å². The summed E-state index contributed by atoms with van der Waals surface area (Å²) in [4.78, 5) is 2.29. The quantitative estimate of drug-likeness (QED) is 0.711. The minimum Gasteiger partial charge on any atom is -0.508 e. The molecular weight excluding hydrogens is 204 g/mol. The second kappa shape index (κ2) is 4.72. The number of hydrogen-bond donors (Lipinski definition) is 3. The molecule has 1 aromatic rings. The van der Waals surface area contributed by atoms with E-state index in [1.807, 2.05) is 0 Å². The summed E-state index contributed by atoms with van der Waals surface area (Å²) in [5, 5.41) is 22.2. The van der Waals surface area contributed by atoms with Crippen LogP contribution in [0.5, 0.6) is 11.5 Å². The topological polar surface area (TPSA) is 55.7 Å². The van der Waals surface area contributed by atoms with Crippen molar-refractivity contribution in [3.05, 3.63) is 23.8 Å². The smallest absolute Gasteiger partial charge is 0.123 e. The van der Waals surface area contributed by atoms with Crippen LogP contribution in [0, 0.1) is 0 Å². The Morgan fingerprint density at radius 3 is 2.88 bits per heavy atom. The number of likely N-dealkylation sites (N-methyl/N-ethyl adjacent to an activating group) is 1. The van der Waals surface area contributed by atoms with Gasteiger partial charge in [0.1, 0.15) is 11.5 Å². The molecule has 4 heteroatoms. The van der Waals surface area contributed by atoms with Gasteiger partial charge in [-0.05, 0) is 26.1 Å². The van der Waals surface area contributed by atoms with Crippen molar-refractivity contribution in [2.24, 2.45) is 0 Å². The van der Waals surface area contributed by atoms with E-state index in [1.54, 1.807) is 12.1 Å². The fourth-order valence-corrected chi connectivity index (χ4v) is 2.06. The molecule has 0 aliphatic carbocycles. The third-order valence-corrected chi connectivity index (χ3v) is 3.04. The molecule has 4 nitrogen and oxygen atoms in total. The second-order valence-corrected chi connectivity index (χ2v) is 4.44. The first-order valence-electron chi connectivity index (χ1n) is 5.58. The van der Waals surface area contributed by atoms with E-state index in [-0.39, 0.29) is 11.5 Å². The molecule has 1 aliphatic heterocycles. The van der Waals surface area contributed by atoms with Crippen molar-refractivity contribution in [3.8, 4) is 11.5 Å². The van der Waals surface area contributed by atoms with Crippen LogP contribution in [0.15, 0.2) is 18.2 Å². The summed E-state index contributed by atoms with van der Waals surface area (Å²) in [5.74, 6) is 0.251. The van der Waals surface area contributed by atoms with Gasteiger partial charge >= 0.3 is 0 Å². The first kappa shape index (κ1) is 11.2. The Kier molecular flexibility index (Phi) is 3.31. The molecule has 1 saturated heterocycles. The van der Waals surface area contributed by atoms with Crippen molar-refractivity contribution >= 4 is 0 Å². The van der Waals surface area contributed by atoms with Crippen LogP contribution < -0.4 is 5.32 Å². The Balaban J connectivity index is 1.89. The summed E-state index contributed by atoms with van der Waals surface area (Å²) in [5.41, 5.74) is 0.826. The van der Waals surface area contributed by atoms with E-state index >= 15 is 0 Å². The molecule has 2 rings (SSSR count). The number of likely N-dealkylation sites (tertiary alicyclic amines) is 1. The normalized spacial score (nSPS) is 21.4. The largest absolute Gasteiger partial charge is 0.508 e. The van der Waals surface area contributed by atoms with Gasteiger partial charge in [0.05, 0.1) is 0 Å². The first-order valence-corrected chi connectivity index (χ1v) is 5.58. The summed E-state index contributed by atoms with van der Waals surface area (Å²) in [6.45, 7) is 2.82. The molecule has 1 heterocycles. The Bertz CT molecular complexity index is 368. The molecule has 88 valence electrons. The molecule has 16 heavy (non-hydrogen) atoms. The van der Waals surface area contributed by atoms with Crippen LogP contribution in [-0.2, 0) is 6.54 Å². The molecule has 3 N–H and O–H groups in total. The molecule has 1 aliphatic rings. The van der Waals surface area contributed by atoms with Crippen LogP contribution in [0.25, 0.3) is 0 Å². The third kappa shape index (κ3) is 2.65. The van der Waals surface area contributed by atoms with E-state index in [2.05, 4.69) is 17.3 Å². The number of rotatable bonds is 3. The number of phenolic OH excluding ortho intramolecular Hbond substituents is 2. The summed E-state index contributed by atoms with van der Waals surface area (Å²) in [6.07, 6.45) is 1.15. The lowest BCUT2D eigenvalue weighted by Crippen LogP contribution is -2.30. The molecule has 1 unspecified atom stereocenters. The van der Waals surface area contributed by atoms with Gasteiger partial charge in [0, 0.05) is 30.8 Å². The van der Waals surface area contributed by atoms with Gasteiger partial charge in [-0.25, -0.2) is 0 Å².